The molecule has 1 fully saturated rings. The van der Waals surface area contributed by atoms with Gasteiger partial charge < -0.3 is 9.47 Å². The fourth-order valence-corrected chi connectivity index (χ4v) is 3.54. The number of ether oxygens (including phenoxy) is 2. The summed E-state index contributed by atoms with van der Waals surface area (Å²) in [6, 6.07) is 0. The molecule has 0 amide bonds. The SMILES string of the molecule is CCCCCCCC/C=C\CCCCCCCC(=O)OC[C@@H]1CCCCO1. The van der Waals surface area contributed by atoms with Crippen LogP contribution >= 0.6 is 0 Å². The zero-order chi connectivity index (χ0) is 19.4. The molecule has 1 aliphatic rings. The monoisotopic (exact) mass is 380 g/mol. The van der Waals surface area contributed by atoms with Gasteiger partial charge in [0.05, 0.1) is 6.10 Å². The van der Waals surface area contributed by atoms with Crippen molar-refractivity contribution in [3.05, 3.63) is 12.2 Å². The summed E-state index contributed by atoms with van der Waals surface area (Å²) in [7, 11) is 0. The van der Waals surface area contributed by atoms with Crippen molar-refractivity contribution in [3.8, 4) is 0 Å². The lowest BCUT2D eigenvalue weighted by molar-refractivity contribution is -0.149. The molecule has 158 valence electrons. The van der Waals surface area contributed by atoms with Crippen LogP contribution in [0, 0.1) is 0 Å². The molecule has 0 aromatic heterocycles. The number of carbonyl (C=O) groups is 1. The predicted molar refractivity (Wildman–Crippen MR) is 114 cm³/mol. The second-order valence-electron chi connectivity index (χ2n) is 8.01. The Balaban J connectivity index is 1.78. The van der Waals surface area contributed by atoms with Crippen LogP contribution in [0.5, 0.6) is 0 Å². The molecule has 1 saturated heterocycles. The molecule has 3 nitrogen and oxygen atoms in total. The molecular formula is C24H44O3. The molecule has 1 aliphatic heterocycles. The Kier molecular flexibility index (Phi) is 16.6. The fraction of sp³-hybridized carbons (Fsp3) is 0.875. The Morgan fingerprint density at radius 1 is 0.889 bits per heavy atom. The standard InChI is InChI=1S/C24H44O3/c1-2-3-4-5-6-7-8-9-10-11-12-13-14-15-16-20-24(25)27-22-23-19-17-18-21-26-23/h9-10,23H,2-8,11-22H2,1H3/b10-9-/t23-/m0/s1. The number of esters is 1. The van der Waals surface area contributed by atoms with Crippen molar-refractivity contribution in [1.29, 1.82) is 0 Å². The maximum atomic E-state index is 11.7. The van der Waals surface area contributed by atoms with Gasteiger partial charge in [0.2, 0.25) is 0 Å². The van der Waals surface area contributed by atoms with Crippen LogP contribution in [0.15, 0.2) is 12.2 Å². The van der Waals surface area contributed by atoms with Crippen LogP contribution in [-0.2, 0) is 14.3 Å². The summed E-state index contributed by atoms with van der Waals surface area (Å²) in [6.45, 7) is 3.53. The van der Waals surface area contributed by atoms with Crippen molar-refractivity contribution in [2.75, 3.05) is 13.2 Å². The maximum absolute atomic E-state index is 11.7. The molecule has 1 atom stereocenters. The van der Waals surface area contributed by atoms with Gasteiger partial charge in [-0.2, -0.15) is 0 Å². The Labute approximate surface area is 168 Å². The molecule has 0 saturated carbocycles. The first-order chi connectivity index (χ1) is 13.3. The first-order valence-electron chi connectivity index (χ1n) is 11.7. The molecule has 0 N–H and O–H groups in total. The highest BCUT2D eigenvalue weighted by Crippen LogP contribution is 2.14. The molecule has 1 heterocycles. The van der Waals surface area contributed by atoms with Gasteiger partial charge in [0, 0.05) is 13.0 Å². The first kappa shape index (κ1) is 24.2. The number of hydrogen-bond donors (Lipinski definition) is 0. The largest absolute Gasteiger partial charge is 0.463 e. The smallest absolute Gasteiger partial charge is 0.305 e. The molecule has 0 radical (unpaired) electrons. The highest BCUT2D eigenvalue weighted by atomic mass is 16.6. The molecule has 0 unspecified atom stereocenters. The third kappa shape index (κ3) is 15.9. The molecule has 0 spiro atoms. The Morgan fingerprint density at radius 2 is 1.52 bits per heavy atom. The number of carbonyl (C=O) groups excluding carboxylic acids is 1. The van der Waals surface area contributed by atoms with Gasteiger partial charge >= 0.3 is 5.97 Å². The van der Waals surface area contributed by atoms with Crippen molar-refractivity contribution in [1.82, 2.24) is 0 Å². The van der Waals surface area contributed by atoms with Crippen molar-refractivity contribution >= 4 is 5.97 Å². The van der Waals surface area contributed by atoms with Crippen LogP contribution in [0.1, 0.15) is 116 Å². The zero-order valence-electron chi connectivity index (χ0n) is 17.9. The highest BCUT2D eigenvalue weighted by molar-refractivity contribution is 5.69. The molecule has 0 aromatic rings. The second-order valence-corrected chi connectivity index (χ2v) is 8.01. The summed E-state index contributed by atoms with van der Waals surface area (Å²) in [5, 5.41) is 0. The van der Waals surface area contributed by atoms with Gasteiger partial charge in [-0.15, -0.1) is 0 Å². The lowest BCUT2D eigenvalue weighted by atomic mass is 10.1. The molecule has 3 heteroatoms. The van der Waals surface area contributed by atoms with E-state index < -0.39 is 0 Å². The molecule has 27 heavy (non-hydrogen) atoms. The van der Waals surface area contributed by atoms with Crippen LogP contribution in [0.4, 0.5) is 0 Å². The number of allylic oxidation sites excluding steroid dienone is 2. The van der Waals surface area contributed by atoms with Crippen molar-refractivity contribution in [3.63, 3.8) is 0 Å². The van der Waals surface area contributed by atoms with Gasteiger partial charge in [0.15, 0.2) is 0 Å². The molecule has 0 aliphatic carbocycles. The minimum Gasteiger partial charge on any atom is -0.463 e. The summed E-state index contributed by atoms with van der Waals surface area (Å²) in [6.07, 6.45) is 25.4. The Morgan fingerprint density at radius 3 is 2.15 bits per heavy atom. The van der Waals surface area contributed by atoms with E-state index in [0.717, 1.165) is 32.3 Å². The predicted octanol–water partition coefficient (Wildman–Crippen LogP) is 7.14. The van der Waals surface area contributed by atoms with E-state index in [1.807, 2.05) is 0 Å². The van der Waals surface area contributed by atoms with E-state index in [2.05, 4.69) is 19.1 Å². The van der Waals surface area contributed by atoms with E-state index >= 15 is 0 Å². The van der Waals surface area contributed by atoms with Crippen molar-refractivity contribution < 1.29 is 14.3 Å². The molecule has 1 rings (SSSR count). The number of unbranched alkanes of at least 4 members (excludes halogenated alkanes) is 11. The third-order valence-electron chi connectivity index (χ3n) is 5.35. The lowest BCUT2D eigenvalue weighted by Crippen LogP contribution is -2.25. The van der Waals surface area contributed by atoms with Gasteiger partial charge in [-0.05, 0) is 51.4 Å². The zero-order valence-corrected chi connectivity index (χ0v) is 17.9. The van der Waals surface area contributed by atoms with Gasteiger partial charge in [0.1, 0.15) is 6.61 Å². The topological polar surface area (TPSA) is 35.5 Å². The van der Waals surface area contributed by atoms with Crippen molar-refractivity contribution in [2.45, 2.75) is 122 Å². The fourth-order valence-electron chi connectivity index (χ4n) is 3.54. The summed E-state index contributed by atoms with van der Waals surface area (Å²) < 4.78 is 10.9. The quantitative estimate of drug-likeness (QED) is 0.153. The minimum atomic E-state index is -0.0539. The van der Waals surface area contributed by atoms with Crippen LogP contribution < -0.4 is 0 Å². The van der Waals surface area contributed by atoms with Crippen LogP contribution in [0.2, 0.25) is 0 Å². The molecule has 0 bridgehead atoms. The van der Waals surface area contributed by atoms with E-state index in [-0.39, 0.29) is 12.1 Å². The van der Waals surface area contributed by atoms with Crippen LogP contribution in [0.3, 0.4) is 0 Å². The third-order valence-corrected chi connectivity index (χ3v) is 5.35. The van der Waals surface area contributed by atoms with E-state index in [1.165, 1.54) is 77.0 Å². The Bertz CT molecular complexity index is 359. The lowest BCUT2D eigenvalue weighted by Gasteiger charge is -2.22. The van der Waals surface area contributed by atoms with E-state index in [9.17, 15) is 4.79 Å². The van der Waals surface area contributed by atoms with Crippen molar-refractivity contribution in [2.24, 2.45) is 0 Å². The minimum absolute atomic E-state index is 0.0539. The number of rotatable bonds is 17. The number of hydrogen-bond acceptors (Lipinski definition) is 3. The van der Waals surface area contributed by atoms with Gasteiger partial charge in [-0.1, -0.05) is 70.4 Å². The van der Waals surface area contributed by atoms with Crippen LogP contribution in [-0.4, -0.2) is 25.3 Å². The van der Waals surface area contributed by atoms with E-state index in [0.29, 0.717) is 13.0 Å². The Hall–Kier alpha value is -0.830. The van der Waals surface area contributed by atoms with Gasteiger partial charge in [-0.25, -0.2) is 0 Å². The average molecular weight is 381 g/mol. The average Bonchev–Trinajstić information content (AvgIpc) is 2.70. The first-order valence-corrected chi connectivity index (χ1v) is 11.7. The summed E-state index contributed by atoms with van der Waals surface area (Å²) >= 11 is 0. The summed E-state index contributed by atoms with van der Waals surface area (Å²) in [5.74, 6) is -0.0539. The summed E-state index contributed by atoms with van der Waals surface area (Å²) in [4.78, 5) is 11.7. The van der Waals surface area contributed by atoms with E-state index in [4.69, 9.17) is 9.47 Å². The highest BCUT2D eigenvalue weighted by Gasteiger charge is 2.15. The van der Waals surface area contributed by atoms with Crippen LogP contribution in [0.25, 0.3) is 0 Å². The molecule has 0 aromatic carbocycles. The van der Waals surface area contributed by atoms with Gasteiger partial charge in [0.25, 0.3) is 0 Å². The maximum Gasteiger partial charge on any atom is 0.305 e. The molecular weight excluding hydrogens is 336 g/mol. The second kappa shape index (κ2) is 18.5. The van der Waals surface area contributed by atoms with Gasteiger partial charge in [-0.3, -0.25) is 4.79 Å². The van der Waals surface area contributed by atoms with E-state index in [1.54, 1.807) is 0 Å². The normalized spacial score (nSPS) is 17.4. The summed E-state index contributed by atoms with van der Waals surface area (Å²) in [5.41, 5.74) is 0.